The highest BCUT2D eigenvalue weighted by atomic mass is 35.5. The number of rotatable bonds is 4. The maximum Gasteiger partial charge on any atom is 0.303 e. The molecule has 1 aromatic carbocycles. The summed E-state index contributed by atoms with van der Waals surface area (Å²) in [4.78, 5) is 0. The second-order valence-electron chi connectivity index (χ2n) is 5.26. The first-order valence-electron chi connectivity index (χ1n) is 6.82. The van der Waals surface area contributed by atoms with Gasteiger partial charge in [-0.3, -0.25) is 4.31 Å². The Kier molecular flexibility index (Phi) is 4.94. The number of aryl methyl sites for hydroxylation is 1. The van der Waals surface area contributed by atoms with Crippen LogP contribution in [0.15, 0.2) is 24.3 Å². The Bertz CT molecular complexity index is 554. The molecular weight excluding hydrogens is 296 g/mol. The number of anilines is 1. The molecule has 1 heterocycles. The van der Waals surface area contributed by atoms with Gasteiger partial charge in [-0.05, 0) is 37.3 Å². The maximum absolute atomic E-state index is 12.7. The fourth-order valence-electron chi connectivity index (χ4n) is 2.51. The molecule has 0 N–H and O–H groups in total. The van der Waals surface area contributed by atoms with Crippen molar-refractivity contribution in [2.75, 3.05) is 30.3 Å². The van der Waals surface area contributed by atoms with Crippen LogP contribution in [0, 0.1) is 12.8 Å². The molecule has 1 aliphatic heterocycles. The molecule has 1 saturated heterocycles. The third-order valence-electron chi connectivity index (χ3n) is 3.92. The Morgan fingerprint density at radius 2 is 1.90 bits per heavy atom. The molecule has 0 aromatic heterocycles. The summed E-state index contributed by atoms with van der Waals surface area (Å²) in [6, 6.07) is 7.51. The van der Waals surface area contributed by atoms with Crippen molar-refractivity contribution in [3.05, 3.63) is 29.8 Å². The van der Waals surface area contributed by atoms with E-state index in [1.165, 1.54) is 4.31 Å². The van der Waals surface area contributed by atoms with Crippen LogP contribution in [-0.2, 0) is 10.2 Å². The first-order valence-corrected chi connectivity index (χ1v) is 8.75. The van der Waals surface area contributed by atoms with Gasteiger partial charge in [-0.25, -0.2) is 0 Å². The molecule has 4 nitrogen and oxygen atoms in total. The van der Waals surface area contributed by atoms with Crippen LogP contribution >= 0.6 is 11.6 Å². The van der Waals surface area contributed by atoms with E-state index in [1.54, 1.807) is 11.4 Å². The van der Waals surface area contributed by atoms with Gasteiger partial charge >= 0.3 is 10.2 Å². The van der Waals surface area contributed by atoms with Crippen molar-refractivity contribution in [2.24, 2.45) is 5.92 Å². The summed E-state index contributed by atoms with van der Waals surface area (Å²) in [6.45, 7) is 3.02. The minimum absolute atomic E-state index is 0.437. The van der Waals surface area contributed by atoms with E-state index in [9.17, 15) is 8.42 Å². The molecule has 0 unspecified atom stereocenters. The van der Waals surface area contributed by atoms with Gasteiger partial charge in [0.15, 0.2) is 0 Å². The summed E-state index contributed by atoms with van der Waals surface area (Å²) < 4.78 is 28.2. The lowest BCUT2D eigenvalue weighted by atomic mass is 10.0. The maximum atomic E-state index is 12.7. The number of halogens is 1. The molecule has 1 aliphatic rings. The Hall–Kier alpha value is -0.780. The summed E-state index contributed by atoms with van der Waals surface area (Å²) in [5.41, 5.74) is 1.68. The molecule has 0 bridgehead atoms. The van der Waals surface area contributed by atoms with Crippen molar-refractivity contribution in [2.45, 2.75) is 19.8 Å². The molecule has 1 aromatic rings. The highest BCUT2D eigenvalue weighted by Gasteiger charge is 2.31. The molecule has 20 heavy (non-hydrogen) atoms. The van der Waals surface area contributed by atoms with Gasteiger partial charge in [-0.2, -0.15) is 12.7 Å². The van der Waals surface area contributed by atoms with Gasteiger partial charge < -0.3 is 0 Å². The zero-order valence-corrected chi connectivity index (χ0v) is 13.5. The van der Waals surface area contributed by atoms with Gasteiger partial charge in [0.05, 0.1) is 5.69 Å². The Balaban J connectivity index is 2.17. The Labute approximate surface area is 126 Å². The smallest absolute Gasteiger partial charge is 0.260 e. The number of hydrogen-bond acceptors (Lipinski definition) is 2. The zero-order chi connectivity index (χ0) is 14.8. The average molecular weight is 317 g/mol. The highest BCUT2D eigenvalue weighted by Crippen LogP contribution is 2.26. The summed E-state index contributed by atoms with van der Waals surface area (Å²) in [5, 5.41) is 0. The van der Waals surface area contributed by atoms with Crippen molar-refractivity contribution < 1.29 is 8.42 Å². The number of benzene rings is 1. The molecule has 6 heteroatoms. The second-order valence-corrected chi connectivity index (χ2v) is 7.53. The van der Waals surface area contributed by atoms with E-state index in [0.29, 0.717) is 24.9 Å². The molecular formula is C14H21ClN2O2S. The minimum Gasteiger partial charge on any atom is -0.260 e. The Morgan fingerprint density at radius 1 is 1.30 bits per heavy atom. The first-order chi connectivity index (χ1) is 9.46. The molecule has 1 fully saturated rings. The van der Waals surface area contributed by atoms with E-state index in [-0.39, 0.29) is 0 Å². The SMILES string of the molecule is Cc1ccccc1N(C)S(=O)(=O)N1CCC(CCl)CC1. The summed E-state index contributed by atoms with van der Waals surface area (Å²) >= 11 is 5.84. The van der Waals surface area contributed by atoms with Crippen LogP contribution in [0.2, 0.25) is 0 Å². The van der Waals surface area contributed by atoms with Crippen molar-refractivity contribution in [3.8, 4) is 0 Å². The largest absolute Gasteiger partial charge is 0.303 e. The molecule has 0 radical (unpaired) electrons. The summed E-state index contributed by atoms with van der Waals surface area (Å²) in [7, 11) is -1.83. The number of hydrogen-bond donors (Lipinski definition) is 0. The monoisotopic (exact) mass is 316 g/mol. The van der Waals surface area contributed by atoms with Crippen molar-refractivity contribution >= 4 is 27.5 Å². The van der Waals surface area contributed by atoms with Gasteiger partial charge in [0.1, 0.15) is 0 Å². The summed E-state index contributed by atoms with van der Waals surface area (Å²) in [6.07, 6.45) is 1.68. The van der Waals surface area contributed by atoms with Crippen molar-refractivity contribution in [3.63, 3.8) is 0 Å². The zero-order valence-electron chi connectivity index (χ0n) is 11.9. The number of alkyl halides is 1. The van der Waals surface area contributed by atoms with E-state index < -0.39 is 10.2 Å². The van der Waals surface area contributed by atoms with Crippen LogP contribution < -0.4 is 4.31 Å². The molecule has 0 saturated carbocycles. The van der Waals surface area contributed by atoms with Crippen molar-refractivity contribution in [1.29, 1.82) is 0 Å². The quantitative estimate of drug-likeness (QED) is 0.801. The molecule has 0 spiro atoms. The number of para-hydroxylation sites is 1. The minimum atomic E-state index is -3.45. The predicted octanol–water partition coefficient (Wildman–Crippen LogP) is 2.63. The predicted molar refractivity (Wildman–Crippen MR) is 83.5 cm³/mol. The second kappa shape index (κ2) is 6.33. The van der Waals surface area contributed by atoms with Crippen LogP contribution in [0.25, 0.3) is 0 Å². The van der Waals surface area contributed by atoms with Gasteiger partial charge in [-0.1, -0.05) is 18.2 Å². The van der Waals surface area contributed by atoms with Gasteiger partial charge in [0, 0.05) is 26.0 Å². The van der Waals surface area contributed by atoms with Gasteiger partial charge in [-0.15, -0.1) is 11.6 Å². The van der Waals surface area contributed by atoms with Crippen LogP contribution in [-0.4, -0.2) is 38.7 Å². The highest BCUT2D eigenvalue weighted by molar-refractivity contribution is 7.90. The lowest BCUT2D eigenvalue weighted by Crippen LogP contribution is -2.46. The lowest BCUT2D eigenvalue weighted by molar-refractivity contribution is 0.290. The summed E-state index contributed by atoms with van der Waals surface area (Å²) in [5.74, 6) is 1.05. The third-order valence-corrected chi connectivity index (χ3v) is 6.26. The number of nitrogens with zero attached hydrogens (tertiary/aromatic N) is 2. The molecule has 112 valence electrons. The Morgan fingerprint density at radius 3 is 2.45 bits per heavy atom. The van der Waals surface area contributed by atoms with Gasteiger partial charge in [0.25, 0.3) is 0 Å². The normalized spacial score (nSPS) is 18.1. The first kappa shape index (κ1) is 15.6. The van der Waals surface area contributed by atoms with Gasteiger partial charge in [0.2, 0.25) is 0 Å². The van der Waals surface area contributed by atoms with E-state index in [0.717, 1.165) is 24.1 Å². The standard InChI is InChI=1S/C14H21ClN2O2S/c1-12-5-3-4-6-14(12)16(2)20(18,19)17-9-7-13(11-15)8-10-17/h3-6,13H,7-11H2,1-2H3. The number of piperidine rings is 1. The van der Waals surface area contributed by atoms with E-state index >= 15 is 0 Å². The molecule has 0 amide bonds. The topological polar surface area (TPSA) is 40.6 Å². The van der Waals surface area contributed by atoms with Crippen molar-refractivity contribution in [1.82, 2.24) is 4.31 Å². The molecule has 2 rings (SSSR count). The fraction of sp³-hybridized carbons (Fsp3) is 0.571. The van der Waals surface area contributed by atoms with E-state index in [1.807, 2.05) is 31.2 Å². The van der Waals surface area contributed by atoms with Crippen LogP contribution in [0.4, 0.5) is 5.69 Å². The fourth-order valence-corrected chi connectivity index (χ4v) is 4.29. The molecule has 0 aliphatic carbocycles. The third kappa shape index (κ3) is 3.10. The van der Waals surface area contributed by atoms with Crippen LogP contribution in [0.3, 0.4) is 0 Å². The van der Waals surface area contributed by atoms with E-state index in [2.05, 4.69) is 0 Å². The average Bonchev–Trinajstić information content (AvgIpc) is 2.47. The van der Waals surface area contributed by atoms with E-state index in [4.69, 9.17) is 11.6 Å². The van der Waals surface area contributed by atoms with Crippen LogP contribution in [0.1, 0.15) is 18.4 Å². The lowest BCUT2D eigenvalue weighted by Gasteiger charge is -2.34. The van der Waals surface area contributed by atoms with Crippen LogP contribution in [0.5, 0.6) is 0 Å². The molecule has 0 atom stereocenters.